The summed E-state index contributed by atoms with van der Waals surface area (Å²) in [5.41, 5.74) is -0.723. The molecule has 0 radical (unpaired) electrons. The average Bonchev–Trinajstić information content (AvgIpc) is 2.58. The second-order valence-electron chi connectivity index (χ2n) is 4.70. The lowest BCUT2D eigenvalue weighted by Gasteiger charge is -2.35. The van der Waals surface area contributed by atoms with Gasteiger partial charge in [-0.1, -0.05) is 13.8 Å². The molecule has 3 nitrogen and oxygen atoms in total. The van der Waals surface area contributed by atoms with E-state index in [0.717, 1.165) is 19.3 Å². The van der Waals surface area contributed by atoms with E-state index in [1.54, 1.807) is 0 Å². The van der Waals surface area contributed by atoms with Gasteiger partial charge in [0.05, 0.1) is 13.2 Å². The van der Waals surface area contributed by atoms with Gasteiger partial charge in [-0.25, -0.2) is 0 Å². The summed E-state index contributed by atoms with van der Waals surface area (Å²) < 4.78 is 10.7. The fraction of sp³-hybridized carbons (Fsp3) is 0.727. The largest absolute Gasteiger partial charge is 0.469 e. The van der Waals surface area contributed by atoms with Crippen LogP contribution >= 0.6 is 0 Å². The van der Waals surface area contributed by atoms with Crippen LogP contribution in [0.25, 0.3) is 0 Å². The fourth-order valence-electron chi connectivity index (χ4n) is 2.54. The zero-order valence-electron chi connectivity index (χ0n) is 8.92. The van der Waals surface area contributed by atoms with Crippen LogP contribution in [0, 0.1) is 5.41 Å². The average molecular weight is 196 g/mol. The molecule has 1 aliphatic heterocycles. The van der Waals surface area contributed by atoms with Gasteiger partial charge < -0.3 is 9.47 Å². The molecule has 1 spiro atoms. The first-order chi connectivity index (χ1) is 6.52. The molecule has 2 rings (SSSR count). The molecule has 1 heterocycles. The predicted octanol–water partition coefficient (Wildman–Crippen LogP) is 2.02. The number of hydrogen-bond donors (Lipinski definition) is 0. The number of ether oxygens (including phenoxy) is 2. The minimum Gasteiger partial charge on any atom is -0.469 e. The van der Waals surface area contributed by atoms with E-state index in [-0.39, 0.29) is 11.2 Å². The lowest BCUT2D eigenvalue weighted by Crippen LogP contribution is -2.46. The SMILES string of the molecule is COC1=CC(=O)C2(CCCC2(C)C)O1. The summed E-state index contributed by atoms with van der Waals surface area (Å²) in [5.74, 6) is 0.432. The van der Waals surface area contributed by atoms with Crippen molar-refractivity contribution >= 4 is 5.78 Å². The lowest BCUT2D eigenvalue weighted by molar-refractivity contribution is -0.145. The molecule has 1 saturated carbocycles. The van der Waals surface area contributed by atoms with Gasteiger partial charge in [-0.2, -0.15) is 0 Å². The molecule has 1 aliphatic carbocycles. The lowest BCUT2D eigenvalue weighted by atomic mass is 9.75. The van der Waals surface area contributed by atoms with Crippen molar-refractivity contribution in [1.82, 2.24) is 0 Å². The molecule has 1 fully saturated rings. The molecular formula is C11H16O3. The number of ketones is 1. The molecule has 1 unspecified atom stereocenters. The summed E-state index contributed by atoms with van der Waals surface area (Å²) in [7, 11) is 1.53. The standard InChI is InChI=1S/C11H16O3/c1-10(2)5-4-6-11(10)8(12)7-9(13-3)14-11/h7H,4-6H2,1-3H3. The first-order valence-corrected chi connectivity index (χ1v) is 5.01. The Labute approximate surface area is 84.1 Å². The summed E-state index contributed by atoms with van der Waals surface area (Å²) in [6, 6.07) is 0. The van der Waals surface area contributed by atoms with Gasteiger partial charge in [-0.15, -0.1) is 0 Å². The van der Waals surface area contributed by atoms with E-state index >= 15 is 0 Å². The maximum Gasteiger partial charge on any atom is 0.283 e. The summed E-state index contributed by atoms with van der Waals surface area (Å²) in [5, 5.41) is 0. The molecule has 14 heavy (non-hydrogen) atoms. The number of rotatable bonds is 1. The van der Waals surface area contributed by atoms with Crippen LogP contribution in [0.3, 0.4) is 0 Å². The molecule has 0 aromatic heterocycles. The van der Waals surface area contributed by atoms with Crippen LogP contribution in [0.5, 0.6) is 0 Å². The number of carbonyl (C=O) groups excluding carboxylic acids is 1. The minimum absolute atomic E-state index is 0.0665. The number of carbonyl (C=O) groups is 1. The Balaban J connectivity index is 2.32. The Hall–Kier alpha value is -0.990. The van der Waals surface area contributed by atoms with Crippen molar-refractivity contribution in [2.45, 2.75) is 38.7 Å². The third kappa shape index (κ3) is 1.01. The van der Waals surface area contributed by atoms with Crippen molar-refractivity contribution < 1.29 is 14.3 Å². The monoisotopic (exact) mass is 196 g/mol. The highest BCUT2D eigenvalue weighted by Gasteiger charge is 2.58. The van der Waals surface area contributed by atoms with Crippen LogP contribution in [0.4, 0.5) is 0 Å². The fourth-order valence-corrected chi connectivity index (χ4v) is 2.54. The van der Waals surface area contributed by atoms with Gasteiger partial charge in [0.25, 0.3) is 5.95 Å². The molecule has 3 heteroatoms. The molecule has 0 aromatic rings. The van der Waals surface area contributed by atoms with E-state index in [4.69, 9.17) is 9.47 Å². The number of methoxy groups -OCH3 is 1. The maximum atomic E-state index is 11.9. The first kappa shape index (κ1) is 9.56. The van der Waals surface area contributed by atoms with Crippen molar-refractivity contribution in [2.24, 2.45) is 5.41 Å². The van der Waals surface area contributed by atoms with E-state index in [1.165, 1.54) is 13.2 Å². The van der Waals surface area contributed by atoms with Gasteiger partial charge >= 0.3 is 0 Å². The topological polar surface area (TPSA) is 35.5 Å². The molecule has 78 valence electrons. The molecule has 0 N–H and O–H groups in total. The third-order valence-electron chi connectivity index (χ3n) is 3.55. The summed E-state index contributed by atoms with van der Waals surface area (Å²) in [6.07, 6.45) is 4.36. The van der Waals surface area contributed by atoms with Gasteiger partial charge in [0, 0.05) is 5.41 Å². The Morgan fingerprint density at radius 3 is 2.57 bits per heavy atom. The molecule has 0 aromatic carbocycles. The minimum atomic E-state index is -0.641. The number of hydrogen-bond acceptors (Lipinski definition) is 3. The highest BCUT2D eigenvalue weighted by Crippen LogP contribution is 2.52. The zero-order chi connectivity index (χ0) is 10.4. The van der Waals surface area contributed by atoms with Crippen LogP contribution in [0.2, 0.25) is 0 Å². The summed E-state index contributed by atoms with van der Waals surface area (Å²) in [6.45, 7) is 4.18. The van der Waals surface area contributed by atoms with Gasteiger partial charge in [0.15, 0.2) is 5.60 Å². The highest BCUT2D eigenvalue weighted by molar-refractivity contribution is 6.00. The summed E-state index contributed by atoms with van der Waals surface area (Å²) in [4.78, 5) is 11.9. The Kier molecular flexibility index (Phi) is 1.88. The van der Waals surface area contributed by atoms with E-state index in [2.05, 4.69) is 13.8 Å². The second kappa shape index (κ2) is 2.75. The Bertz CT molecular complexity index is 304. The van der Waals surface area contributed by atoms with E-state index in [9.17, 15) is 4.79 Å². The van der Waals surface area contributed by atoms with Gasteiger partial charge in [-0.3, -0.25) is 4.79 Å². The van der Waals surface area contributed by atoms with Crippen LogP contribution in [0.1, 0.15) is 33.1 Å². The zero-order valence-corrected chi connectivity index (χ0v) is 8.92. The molecular weight excluding hydrogens is 180 g/mol. The molecule has 0 bridgehead atoms. The van der Waals surface area contributed by atoms with Crippen molar-refractivity contribution in [1.29, 1.82) is 0 Å². The molecule has 2 aliphatic rings. The van der Waals surface area contributed by atoms with Gasteiger partial charge in [-0.05, 0) is 19.3 Å². The van der Waals surface area contributed by atoms with E-state index in [1.807, 2.05) is 0 Å². The van der Waals surface area contributed by atoms with Crippen molar-refractivity contribution in [3.63, 3.8) is 0 Å². The third-order valence-corrected chi connectivity index (χ3v) is 3.55. The van der Waals surface area contributed by atoms with E-state index < -0.39 is 5.60 Å². The normalized spacial score (nSPS) is 34.5. The molecule has 0 saturated heterocycles. The van der Waals surface area contributed by atoms with Crippen LogP contribution in [0.15, 0.2) is 12.0 Å². The molecule has 0 amide bonds. The molecule has 1 atom stereocenters. The first-order valence-electron chi connectivity index (χ1n) is 5.01. The van der Waals surface area contributed by atoms with Gasteiger partial charge in [0.1, 0.15) is 0 Å². The second-order valence-corrected chi connectivity index (χ2v) is 4.70. The smallest absolute Gasteiger partial charge is 0.283 e. The Morgan fingerprint density at radius 2 is 2.14 bits per heavy atom. The van der Waals surface area contributed by atoms with Crippen molar-refractivity contribution in [3.05, 3.63) is 12.0 Å². The highest BCUT2D eigenvalue weighted by atomic mass is 16.7. The van der Waals surface area contributed by atoms with E-state index in [0.29, 0.717) is 5.95 Å². The van der Waals surface area contributed by atoms with Gasteiger partial charge in [0.2, 0.25) is 5.78 Å². The quantitative estimate of drug-likeness (QED) is 0.643. The Morgan fingerprint density at radius 1 is 1.43 bits per heavy atom. The summed E-state index contributed by atoms with van der Waals surface area (Å²) >= 11 is 0. The maximum absolute atomic E-state index is 11.9. The predicted molar refractivity (Wildman–Crippen MR) is 51.5 cm³/mol. The van der Waals surface area contributed by atoms with Crippen molar-refractivity contribution in [3.8, 4) is 0 Å². The van der Waals surface area contributed by atoms with Crippen LogP contribution in [-0.2, 0) is 14.3 Å². The van der Waals surface area contributed by atoms with Crippen molar-refractivity contribution in [2.75, 3.05) is 7.11 Å². The van der Waals surface area contributed by atoms with Crippen LogP contribution < -0.4 is 0 Å². The van der Waals surface area contributed by atoms with Crippen LogP contribution in [-0.4, -0.2) is 18.5 Å².